The number of benzene rings is 1. The number of imidazole rings is 1. The van der Waals surface area contributed by atoms with Crippen LogP contribution in [0.25, 0.3) is 11.2 Å². The first kappa shape index (κ1) is 17.0. The molecule has 6 nitrogen and oxygen atoms in total. The minimum absolute atomic E-state index is 0.0139. The number of nitrogens with one attached hydrogen (secondary N) is 2. The minimum atomic E-state index is -4.62. The Morgan fingerprint density at radius 2 is 1.92 bits per heavy atom. The monoisotopic (exact) mass is 351 g/mol. The number of fused-ring (bicyclic) bond motifs is 1. The van der Waals surface area contributed by atoms with E-state index in [1.165, 1.54) is 6.33 Å². The largest absolute Gasteiger partial charge is 0.497 e. The lowest BCUT2D eigenvalue weighted by Gasteiger charge is -2.10. The van der Waals surface area contributed by atoms with Crippen LogP contribution in [0.4, 0.5) is 19.0 Å². The van der Waals surface area contributed by atoms with Crippen LogP contribution in [-0.4, -0.2) is 33.6 Å². The van der Waals surface area contributed by atoms with Gasteiger partial charge in [0.05, 0.1) is 13.4 Å². The summed E-state index contributed by atoms with van der Waals surface area (Å²) in [5.41, 5.74) is 1.46. The molecule has 0 fully saturated rings. The summed E-state index contributed by atoms with van der Waals surface area (Å²) in [6.07, 6.45) is -1.82. The maximum Gasteiger partial charge on any atom is 0.451 e. The van der Waals surface area contributed by atoms with E-state index in [1.54, 1.807) is 7.11 Å². The Morgan fingerprint density at radius 3 is 2.60 bits per heavy atom. The molecule has 0 aliphatic rings. The van der Waals surface area contributed by atoms with Crippen LogP contribution in [0.3, 0.4) is 0 Å². The van der Waals surface area contributed by atoms with Crippen molar-refractivity contribution in [2.24, 2.45) is 0 Å². The molecule has 2 aromatic heterocycles. The van der Waals surface area contributed by atoms with E-state index < -0.39 is 12.0 Å². The molecule has 2 heterocycles. The Balaban J connectivity index is 1.65. The number of H-pyrrole nitrogens is 1. The molecule has 0 spiro atoms. The van der Waals surface area contributed by atoms with Crippen LogP contribution in [0.15, 0.2) is 30.6 Å². The standard InChI is InChI=1S/C16H16F3N5O/c1-25-11-6-4-10(5-7-11)3-2-8-20-13-12-14(22-9-21-12)24-15(23-13)16(17,18)19/h4-7,9H,2-3,8H2,1H3,(H2,20,21,22,23,24). The number of nitrogens with zero attached hydrogens (tertiary/aromatic N) is 3. The lowest BCUT2D eigenvalue weighted by Crippen LogP contribution is -2.14. The molecule has 0 unspecified atom stereocenters. The molecule has 0 saturated carbocycles. The van der Waals surface area contributed by atoms with Crippen molar-refractivity contribution in [2.45, 2.75) is 19.0 Å². The number of aryl methyl sites for hydroxylation is 1. The van der Waals surface area contributed by atoms with Gasteiger partial charge in [-0.25, -0.2) is 15.0 Å². The molecular formula is C16H16F3N5O. The Bertz CT molecular complexity index is 845. The molecule has 0 radical (unpaired) electrons. The van der Waals surface area contributed by atoms with Crippen molar-refractivity contribution in [2.75, 3.05) is 19.0 Å². The summed E-state index contributed by atoms with van der Waals surface area (Å²) >= 11 is 0. The predicted octanol–water partition coefficient (Wildman–Crippen LogP) is 3.43. The molecular weight excluding hydrogens is 335 g/mol. The molecule has 0 aliphatic heterocycles. The average molecular weight is 351 g/mol. The molecule has 2 N–H and O–H groups in total. The molecule has 0 amide bonds. The topological polar surface area (TPSA) is 75.7 Å². The third-order valence-corrected chi connectivity index (χ3v) is 3.63. The van der Waals surface area contributed by atoms with E-state index in [4.69, 9.17) is 4.74 Å². The molecule has 1 aromatic carbocycles. The van der Waals surface area contributed by atoms with Crippen LogP contribution >= 0.6 is 0 Å². The molecule has 0 aliphatic carbocycles. The Labute approximate surface area is 141 Å². The second kappa shape index (κ2) is 6.96. The van der Waals surface area contributed by atoms with Crippen molar-refractivity contribution in [3.63, 3.8) is 0 Å². The number of anilines is 1. The maximum atomic E-state index is 12.9. The highest BCUT2D eigenvalue weighted by Gasteiger charge is 2.36. The lowest BCUT2D eigenvalue weighted by atomic mass is 10.1. The Kier molecular flexibility index (Phi) is 4.73. The summed E-state index contributed by atoms with van der Waals surface area (Å²) in [4.78, 5) is 13.6. The molecule has 3 aromatic rings. The zero-order chi connectivity index (χ0) is 17.9. The highest BCUT2D eigenvalue weighted by molar-refractivity contribution is 5.82. The SMILES string of the molecule is COc1ccc(CCCNc2nc(C(F)(F)F)nc3nc[nH]c23)cc1. The number of halogens is 3. The van der Waals surface area contributed by atoms with E-state index in [0.717, 1.165) is 24.2 Å². The number of aromatic amines is 1. The van der Waals surface area contributed by atoms with Crippen LogP contribution in [0.5, 0.6) is 5.75 Å². The summed E-state index contributed by atoms with van der Waals surface area (Å²) in [6.45, 7) is 0.467. The van der Waals surface area contributed by atoms with Gasteiger partial charge in [0.25, 0.3) is 0 Å². The van der Waals surface area contributed by atoms with Gasteiger partial charge in [-0.05, 0) is 30.5 Å². The Hall–Kier alpha value is -2.84. The van der Waals surface area contributed by atoms with Crippen LogP contribution < -0.4 is 10.1 Å². The zero-order valence-electron chi connectivity index (χ0n) is 13.4. The van der Waals surface area contributed by atoms with Gasteiger partial charge in [-0.3, -0.25) is 0 Å². The maximum absolute atomic E-state index is 12.9. The molecule has 25 heavy (non-hydrogen) atoms. The van der Waals surface area contributed by atoms with Crippen molar-refractivity contribution < 1.29 is 17.9 Å². The van der Waals surface area contributed by atoms with Gasteiger partial charge in [0, 0.05) is 6.54 Å². The average Bonchev–Trinajstić information content (AvgIpc) is 3.07. The summed E-state index contributed by atoms with van der Waals surface area (Å²) < 4.78 is 43.7. The van der Waals surface area contributed by atoms with Gasteiger partial charge in [0.15, 0.2) is 11.5 Å². The fourth-order valence-corrected chi connectivity index (χ4v) is 2.38. The van der Waals surface area contributed by atoms with Gasteiger partial charge < -0.3 is 15.0 Å². The first-order chi connectivity index (χ1) is 12.0. The van der Waals surface area contributed by atoms with Gasteiger partial charge in [-0.2, -0.15) is 13.2 Å². The van der Waals surface area contributed by atoms with Crippen LogP contribution in [0, 0.1) is 0 Å². The normalized spacial score (nSPS) is 11.7. The molecule has 0 atom stereocenters. The van der Waals surface area contributed by atoms with Crippen LogP contribution in [0.1, 0.15) is 17.8 Å². The number of hydrogen-bond acceptors (Lipinski definition) is 5. The summed E-state index contributed by atoms with van der Waals surface area (Å²) in [5.74, 6) is -0.321. The number of alkyl halides is 3. The minimum Gasteiger partial charge on any atom is -0.497 e. The van der Waals surface area contributed by atoms with Crippen molar-refractivity contribution in [1.82, 2.24) is 19.9 Å². The van der Waals surface area contributed by atoms with Gasteiger partial charge in [0.2, 0.25) is 5.82 Å². The number of methoxy groups -OCH3 is 1. The highest BCUT2D eigenvalue weighted by Crippen LogP contribution is 2.29. The van der Waals surface area contributed by atoms with E-state index in [9.17, 15) is 13.2 Å². The second-order valence-electron chi connectivity index (χ2n) is 5.37. The van der Waals surface area contributed by atoms with Gasteiger partial charge >= 0.3 is 6.18 Å². The molecule has 0 bridgehead atoms. The smallest absolute Gasteiger partial charge is 0.451 e. The van der Waals surface area contributed by atoms with Crippen molar-refractivity contribution >= 4 is 17.0 Å². The van der Waals surface area contributed by atoms with Crippen LogP contribution in [0.2, 0.25) is 0 Å². The second-order valence-corrected chi connectivity index (χ2v) is 5.37. The Morgan fingerprint density at radius 1 is 1.16 bits per heavy atom. The third kappa shape index (κ3) is 3.98. The third-order valence-electron chi connectivity index (χ3n) is 3.63. The molecule has 0 saturated heterocycles. The van der Waals surface area contributed by atoms with Crippen molar-refractivity contribution in [1.29, 1.82) is 0 Å². The van der Waals surface area contributed by atoms with Crippen LogP contribution in [-0.2, 0) is 12.6 Å². The highest BCUT2D eigenvalue weighted by atomic mass is 19.4. The molecule has 9 heteroatoms. The van der Waals surface area contributed by atoms with E-state index in [-0.39, 0.29) is 11.5 Å². The zero-order valence-corrected chi connectivity index (χ0v) is 13.4. The lowest BCUT2D eigenvalue weighted by molar-refractivity contribution is -0.144. The summed E-state index contributed by atoms with van der Waals surface area (Å²) in [6, 6.07) is 7.66. The van der Waals surface area contributed by atoms with Gasteiger partial charge in [-0.15, -0.1) is 0 Å². The summed E-state index contributed by atoms with van der Waals surface area (Å²) in [5, 5.41) is 2.93. The first-order valence-corrected chi connectivity index (χ1v) is 7.62. The van der Waals surface area contributed by atoms with Gasteiger partial charge in [0.1, 0.15) is 11.3 Å². The number of hydrogen-bond donors (Lipinski definition) is 2. The quantitative estimate of drug-likeness (QED) is 0.666. The van der Waals surface area contributed by atoms with E-state index in [1.807, 2.05) is 24.3 Å². The van der Waals surface area contributed by atoms with Crippen molar-refractivity contribution in [3.8, 4) is 5.75 Å². The fourth-order valence-electron chi connectivity index (χ4n) is 2.38. The fraction of sp³-hybridized carbons (Fsp3) is 0.312. The number of ether oxygens (including phenoxy) is 1. The number of aromatic nitrogens is 4. The predicted molar refractivity (Wildman–Crippen MR) is 86.5 cm³/mol. The summed E-state index contributed by atoms with van der Waals surface area (Å²) in [7, 11) is 1.60. The molecule has 132 valence electrons. The van der Waals surface area contributed by atoms with E-state index >= 15 is 0 Å². The van der Waals surface area contributed by atoms with E-state index in [2.05, 4.69) is 25.3 Å². The van der Waals surface area contributed by atoms with E-state index in [0.29, 0.717) is 12.1 Å². The van der Waals surface area contributed by atoms with Crippen molar-refractivity contribution in [3.05, 3.63) is 42.0 Å². The number of rotatable bonds is 6. The first-order valence-electron chi connectivity index (χ1n) is 7.62. The molecule has 3 rings (SSSR count). The van der Waals surface area contributed by atoms with Gasteiger partial charge in [-0.1, -0.05) is 12.1 Å².